The minimum atomic E-state index is -1.83. The minimum absolute atomic E-state index is 0.135. The number of ether oxygens (including phenoxy) is 4. The van der Waals surface area contributed by atoms with Crippen LogP contribution < -0.4 is 9.47 Å². The predicted molar refractivity (Wildman–Crippen MR) is 207 cm³/mol. The smallest absolute Gasteiger partial charge is 0.229 e. The summed E-state index contributed by atoms with van der Waals surface area (Å²) < 4.78 is 22.9. The number of hydrogen-bond donors (Lipinski definition) is 10. The van der Waals surface area contributed by atoms with E-state index in [9.17, 15) is 60.7 Å². The van der Waals surface area contributed by atoms with E-state index in [1.165, 1.54) is 0 Å². The fraction of sp³-hybridized carbons (Fsp3) is 0.476. The number of carbonyl (C=O) groups is 2. The van der Waals surface area contributed by atoms with Crippen LogP contribution in [0.5, 0.6) is 23.0 Å². The van der Waals surface area contributed by atoms with E-state index < -0.39 is 86.1 Å². The number of aromatic hydroxyl groups is 2. The van der Waals surface area contributed by atoms with Crippen molar-refractivity contribution in [3.05, 3.63) is 57.6 Å². The van der Waals surface area contributed by atoms with Gasteiger partial charge in [-0.15, -0.1) is 0 Å². The van der Waals surface area contributed by atoms with E-state index >= 15 is 0 Å². The van der Waals surface area contributed by atoms with Gasteiger partial charge in [0, 0.05) is 11.1 Å². The van der Waals surface area contributed by atoms with Gasteiger partial charge in [-0.3, -0.25) is 9.59 Å². The normalized spacial score (nSPS) is 27.7. The zero-order valence-corrected chi connectivity index (χ0v) is 32.7. The van der Waals surface area contributed by atoms with Gasteiger partial charge in [0.05, 0.1) is 24.3 Å². The third-order valence-electron chi connectivity index (χ3n) is 11.2. The molecule has 0 bridgehead atoms. The van der Waals surface area contributed by atoms with E-state index in [1.54, 1.807) is 24.3 Å². The summed E-state index contributed by atoms with van der Waals surface area (Å²) in [5.41, 5.74) is 3.07. The lowest BCUT2D eigenvalue weighted by atomic mass is 9.84. The first-order chi connectivity index (χ1) is 27.4. The number of aryl methyl sites for hydroxylation is 2. The fourth-order valence-corrected chi connectivity index (χ4v) is 8.09. The lowest BCUT2D eigenvalue weighted by Crippen LogP contribution is -2.60. The Kier molecular flexibility index (Phi) is 12.4. The van der Waals surface area contributed by atoms with Gasteiger partial charge in [0.1, 0.15) is 48.8 Å². The molecule has 0 saturated carbocycles. The molecule has 58 heavy (non-hydrogen) atoms. The van der Waals surface area contributed by atoms with Crippen molar-refractivity contribution in [1.29, 1.82) is 0 Å². The Morgan fingerprint density at radius 2 is 0.914 bits per heavy atom. The monoisotopic (exact) mass is 810 g/mol. The average molecular weight is 811 g/mol. The quantitative estimate of drug-likeness (QED) is 0.0970. The summed E-state index contributed by atoms with van der Waals surface area (Å²) in [4.78, 5) is 25.9. The van der Waals surface area contributed by atoms with Crippen LogP contribution in [0.2, 0.25) is 0 Å². The van der Waals surface area contributed by atoms with Crippen LogP contribution in [0.3, 0.4) is 0 Å². The second kappa shape index (κ2) is 16.7. The summed E-state index contributed by atoms with van der Waals surface area (Å²) in [6.45, 7) is 9.45. The topological polar surface area (TPSA) is 273 Å². The molecule has 0 aliphatic carbocycles. The average Bonchev–Trinajstić information content (AvgIpc) is 3.18. The molecule has 2 aliphatic rings. The molecule has 6 rings (SSSR count). The zero-order chi connectivity index (χ0) is 42.7. The molecule has 2 saturated heterocycles. The van der Waals surface area contributed by atoms with Crippen LogP contribution in [0.4, 0.5) is 0 Å². The van der Waals surface area contributed by atoms with E-state index in [0.29, 0.717) is 67.5 Å². The number of carbonyl (C=O) groups excluding carboxylic acids is 2. The molecule has 4 aromatic carbocycles. The second-order valence-electron chi connectivity index (χ2n) is 15.6. The summed E-state index contributed by atoms with van der Waals surface area (Å²) in [6.07, 6.45) is -15.7. The number of phenols is 2. The maximum Gasteiger partial charge on any atom is 0.229 e. The largest absolute Gasteiger partial charge is 0.504 e. The van der Waals surface area contributed by atoms with Gasteiger partial charge in [-0.05, 0) is 81.6 Å². The Morgan fingerprint density at radius 1 is 0.569 bits per heavy atom. The number of aliphatic hydroxyl groups excluding tert-OH is 8. The number of fused-ring (bicyclic) bond motifs is 2. The summed E-state index contributed by atoms with van der Waals surface area (Å²) in [7, 11) is 0. The molecule has 16 heteroatoms. The molecular formula is C42H50O16. The Balaban J connectivity index is 1.57. The van der Waals surface area contributed by atoms with E-state index in [1.807, 2.05) is 41.5 Å². The molecule has 0 aromatic heterocycles. The minimum Gasteiger partial charge on any atom is -0.504 e. The predicted octanol–water partition coefficient (Wildman–Crippen LogP) is 1.92. The van der Waals surface area contributed by atoms with Crippen LogP contribution in [0, 0.1) is 13.8 Å². The van der Waals surface area contributed by atoms with Crippen LogP contribution in [0.15, 0.2) is 24.3 Å². The van der Waals surface area contributed by atoms with Crippen molar-refractivity contribution in [3.63, 3.8) is 0 Å². The van der Waals surface area contributed by atoms with Crippen molar-refractivity contribution in [2.24, 2.45) is 0 Å². The Labute approximate surface area is 333 Å². The molecule has 0 amide bonds. The van der Waals surface area contributed by atoms with Gasteiger partial charge in [-0.25, -0.2) is 0 Å². The van der Waals surface area contributed by atoms with Crippen LogP contribution in [-0.2, 0) is 9.47 Å². The lowest BCUT2D eigenvalue weighted by Gasteiger charge is -2.39. The highest BCUT2D eigenvalue weighted by Gasteiger charge is 2.47. The van der Waals surface area contributed by atoms with Gasteiger partial charge in [-0.1, -0.05) is 39.8 Å². The first kappa shape index (κ1) is 43.1. The Hall–Kier alpha value is -4.46. The molecule has 10 N–H and O–H groups in total. The molecule has 16 nitrogen and oxygen atoms in total. The third-order valence-corrected chi connectivity index (χ3v) is 11.2. The summed E-state index contributed by atoms with van der Waals surface area (Å²) in [5.74, 6) is -2.25. The van der Waals surface area contributed by atoms with Crippen LogP contribution >= 0.6 is 0 Å². The number of aliphatic hydroxyl groups is 8. The van der Waals surface area contributed by atoms with Crippen molar-refractivity contribution in [3.8, 4) is 34.1 Å². The maximum absolute atomic E-state index is 13.0. The van der Waals surface area contributed by atoms with Crippen molar-refractivity contribution in [2.45, 2.75) is 115 Å². The van der Waals surface area contributed by atoms with Crippen LogP contribution in [0.1, 0.15) is 82.5 Å². The molecule has 10 atom stereocenters. The van der Waals surface area contributed by atoms with Gasteiger partial charge in [0.25, 0.3) is 0 Å². The zero-order valence-electron chi connectivity index (χ0n) is 32.7. The molecule has 4 aromatic rings. The molecule has 2 aliphatic heterocycles. The molecule has 0 unspecified atom stereocenters. The Morgan fingerprint density at radius 3 is 1.21 bits per heavy atom. The molecule has 314 valence electrons. The van der Waals surface area contributed by atoms with Crippen LogP contribution in [-0.4, -0.2) is 138 Å². The van der Waals surface area contributed by atoms with Crippen molar-refractivity contribution in [2.75, 3.05) is 13.2 Å². The first-order valence-electron chi connectivity index (χ1n) is 18.9. The standard InChI is InChI=1S/C42H50O16/c1-15(2)29-23-7-17(5)19(9-21(23)25(11-43)39(33(29)49)57-41-37(53)35(51)31(47)27(13-45)55-41)20-10-22-24(8-18(20)6)30(16(3)4)34(50)40(26(22)12-44)58-42-38(54)36(52)32(48)28(14-46)56-42/h7-12,15-16,27-28,31-32,35-38,41-42,45-54H,13-14H2,1-6H3/t27-,28-,31-,32-,35+,36+,37-,38-,41+,42+/m1/s1. The lowest BCUT2D eigenvalue weighted by molar-refractivity contribution is -0.277. The van der Waals surface area contributed by atoms with Crippen molar-refractivity contribution < 1.29 is 79.6 Å². The molecular weight excluding hydrogens is 760 g/mol. The third kappa shape index (κ3) is 7.17. The number of benzene rings is 4. The summed E-state index contributed by atoms with van der Waals surface area (Å²) in [5, 5.41) is 107. The van der Waals surface area contributed by atoms with Crippen LogP contribution in [0.25, 0.3) is 32.7 Å². The number of aldehydes is 2. The van der Waals surface area contributed by atoms with E-state index in [4.69, 9.17) is 18.9 Å². The number of rotatable bonds is 11. The van der Waals surface area contributed by atoms with Gasteiger partial charge in [-0.2, -0.15) is 0 Å². The SMILES string of the molecule is Cc1cc2c(C(C)C)c(O)c(O[C@@H]3O[C@H](CO)[C@@H](O)[C@H](O)[C@H]3O)c(C=O)c2cc1-c1cc2c(C=O)c(O[C@@H]3O[C@H](CO)[C@@H](O)[C@H](O)[C@H]3O)c(O)c(C(C)C)c2cc1C. The van der Waals surface area contributed by atoms with E-state index in [-0.39, 0.29) is 34.5 Å². The summed E-state index contributed by atoms with van der Waals surface area (Å²) >= 11 is 0. The van der Waals surface area contributed by atoms with Gasteiger partial charge >= 0.3 is 0 Å². The highest BCUT2D eigenvalue weighted by Crippen LogP contribution is 2.49. The van der Waals surface area contributed by atoms with Crippen molar-refractivity contribution in [1.82, 2.24) is 0 Å². The number of phenolic OH excluding ortho intramolecular Hbond substituents is 2. The second-order valence-corrected chi connectivity index (χ2v) is 15.6. The summed E-state index contributed by atoms with van der Waals surface area (Å²) in [6, 6.07) is 7.00. The molecule has 2 fully saturated rings. The van der Waals surface area contributed by atoms with Gasteiger partial charge < -0.3 is 70.0 Å². The molecule has 0 spiro atoms. The fourth-order valence-electron chi connectivity index (χ4n) is 8.09. The highest BCUT2D eigenvalue weighted by molar-refractivity contribution is 6.09. The van der Waals surface area contributed by atoms with E-state index in [0.717, 1.165) is 0 Å². The maximum atomic E-state index is 13.0. The van der Waals surface area contributed by atoms with Gasteiger partial charge in [0.2, 0.25) is 12.6 Å². The first-order valence-corrected chi connectivity index (χ1v) is 18.9. The molecule has 0 radical (unpaired) electrons. The number of hydrogen-bond acceptors (Lipinski definition) is 16. The molecule has 2 heterocycles. The van der Waals surface area contributed by atoms with Crippen molar-refractivity contribution >= 4 is 34.1 Å². The van der Waals surface area contributed by atoms with Gasteiger partial charge in [0.15, 0.2) is 35.6 Å². The Bertz CT molecular complexity index is 2060. The van der Waals surface area contributed by atoms with E-state index in [2.05, 4.69) is 0 Å². The highest BCUT2D eigenvalue weighted by atomic mass is 16.7.